The number of benzene rings is 1. The van der Waals surface area contributed by atoms with Crippen LogP contribution in [-0.2, 0) is 11.3 Å². The molecular weight excluding hydrogens is 290 g/mol. The topological polar surface area (TPSA) is 98.3 Å². The van der Waals surface area contributed by atoms with E-state index in [9.17, 15) is 14.9 Å². The van der Waals surface area contributed by atoms with Gasteiger partial charge in [0.1, 0.15) is 0 Å². The molecule has 0 heterocycles. The quantitative estimate of drug-likeness (QED) is 0.633. The minimum Gasteiger partial charge on any atom is -0.368 e. The van der Waals surface area contributed by atoms with Crippen molar-refractivity contribution in [1.29, 1.82) is 0 Å². The van der Waals surface area contributed by atoms with E-state index in [4.69, 9.17) is 5.73 Å². The van der Waals surface area contributed by atoms with Gasteiger partial charge in [-0.05, 0) is 19.1 Å². The summed E-state index contributed by atoms with van der Waals surface area (Å²) in [6.07, 6.45) is 0. The third-order valence-electron chi connectivity index (χ3n) is 2.27. The Kier molecular flexibility index (Phi) is 4.59. The molecule has 7 heteroatoms. The first-order valence-electron chi connectivity index (χ1n) is 4.87. The Balaban J connectivity index is 2.84. The maximum absolute atomic E-state index is 10.8. The Morgan fingerprint density at radius 2 is 2.29 bits per heavy atom. The molecule has 0 aromatic heterocycles. The standard InChI is InChI=1S/C10H12BrN3O3/c1-6(10(12)15)13-5-7-2-3-8(11)4-9(7)14(16)17/h2-4,6,13H,5H2,1H3,(H2,12,15). The van der Waals surface area contributed by atoms with E-state index in [1.807, 2.05) is 0 Å². The molecule has 6 nitrogen and oxygen atoms in total. The fourth-order valence-electron chi connectivity index (χ4n) is 1.22. The first-order chi connectivity index (χ1) is 7.91. The van der Waals surface area contributed by atoms with Gasteiger partial charge in [0.05, 0.1) is 11.0 Å². The normalized spacial score (nSPS) is 12.1. The summed E-state index contributed by atoms with van der Waals surface area (Å²) in [4.78, 5) is 21.2. The van der Waals surface area contributed by atoms with E-state index in [0.717, 1.165) is 0 Å². The van der Waals surface area contributed by atoms with E-state index in [2.05, 4.69) is 21.2 Å². The van der Waals surface area contributed by atoms with E-state index >= 15 is 0 Å². The molecule has 1 unspecified atom stereocenters. The molecule has 1 aromatic carbocycles. The Hall–Kier alpha value is -1.47. The van der Waals surface area contributed by atoms with E-state index in [0.29, 0.717) is 10.0 Å². The van der Waals surface area contributed by atoms with Crippen molar-refractivity contribution in [3.05, 3.63) is 38.3 Å². The lowest BCUT2D eigenvalue weighted by Crippen LogP contribution is -2.38. The van der Waals surface area contributed by atoms with Crippen molar-refractivity contribution in [2.75, 3.05) is 0 Å². The number of nitrogens with two attached hydrogens (primary N) is 1. The monoisotopic (exact) mass is 301 g/mol. The van der Waals surface area contributed by atoms with Crippen LogP contribution in [0.25, 0.3) is 0 Å². The lowest BCUT2D eigenvalue weighted by Gasteiger charge is -2.10. The van der Waals surface area contributed by atoms with Crippen LogP contribution in [0.3, 0.4) is 0 Å². The number of hydrogen-bond donors (Lipinski definition) is 2. The van der Waals surface area contributed by atoms with Crippen LogP contribution in [0.4, 0.5) is 5.69 Å². The van der Waals surface area contributed by atoms with E-state index in [1.165, 1.54) is 6.07 Å². The summed E-state index contributed by atoms with van der Waals surface area (Å²) in [6.45, 7) is 1.82. The Labute approximate surface area is 106 Å². The van der Waals surface area contributed by atoms with Gasteiger partial charge in [0.25, 0.3) is 5.69 Å². The van der Waals surface area contributed by atoms with Gasteiger partial charge in [0, 0.05) is 22.6 Å². The summed E-state index contributed by atoms with van der Waals surface area (Å²) in [6, 6.07) is 4.23. The van der Waals surface area contributed by atoms with Crippen molar-refractivity contribution in [2.45, 2.75) is 19.5 Å². The van der Waals surface area contributed by atoms with Crippen LogP contribution >= 0.6 is 15.9 Å². The number of hydrogen-bond acceptors (Lipinski definition) is 4. The number of nitro groups is 1. The summed E-state index contributed by atoms with van der Waals surface area (Å²) >= 11 is 3.17. The molecule has 0 fully saturated rings. The van der Waals surface area contributed by atoms with Gasteiger partial charge in [-0.2, -0.15) is 0 Å². The molecule has 1 atom stereocenters. The molecule has 0 aliphatic carbocycles. The van der Waals surface area contributed by atoms with Gasteiger partial charge in [0.15, 0.2) is 0 Å². The predicted molar refractivity (Wildman–Crippen MR) is 66.3 cm³/mol. The largest absolute Gasteiger partial charge is 0.368 e. The second kappa shape index (κ2) is 5.74. The summed E-state index contributed by atoms with van der Waals surface area (Å²) in [5.74, 6) is -0.496. The molecule has 1 rings (SSSR count). The number of nitrogens with zero attached hydrogens (tertiary/aromatic N) is 1. The number of nitrogens with one attached hydrogen (secondary N) is 1. The number of primary amides is 1. The van der Waals surface area contributed by atoms with Crippen molar-refractivity contribution in [3.8, 4) is 0 Å². The first kappa shape index (κ1) is 13.6. The second-order valence-corrected chi connectivity index (χ2v) is 4.45. The number of carbonyl (C=O) groups is 1. The number of carbonyl (C=O) groups excluding carboxylic acids is 1. The first-order valence-corrected chi connectivity index (χ1v) is 5.66. The fourth-order valence-corrected chi connectivity index (χ4v) is 1.57. The minimum absolute atomic E-state index is 0.00328. The molecule has 0 saturated heterocycles. The SMILES string of the molecule is CC(NCc1ccc(Br)cc1[N+](=O)[O-])C(N)=O. The van der Waals surface area contributed by atoms with Crippen LogP contribution < -0.4 is 11.1 Å². The Bertz CT molecular complexity index is 450. The van der Waals surface area contributed by atoms with Gasteiger partial charge in [0.2, 0.25) is 5.91 Å². The molecular formula is C10H12BrN3O3. The van der Waals surface area contributed by atoms with Crippen molar-refractivity contribution in [3.63, 3.8) is 0 Å². The van der Waals surface area contributed by atoms with Crippen LogP contribution in [-0.4, -0.2) is 16.9 Å². The van der Waals surface area contributed by atoms with Crippen molar-refractivity contribution in [2.24, 2.45) is 5.73 Å². The highest BCUT2D eigenvalue weighted by Gasteiger charge is 2.15. The van der Waals surface area contributed by atoms with E-state index in [1.54, 1.807) is 19.1 Å². The fraction of sp³-hybridized carbons (Fsp3) is 0.300. The van der Waals surface area contributed by atoms with Crippen LogP contribution in [0.5, 0.6) is 0 Å². The maximum Gasteiger partial charge on any atom is 0.275 e. The summed E-state index contributed by atoms with van der Waals surface area (Å²) in [7, 11) is 0. The molecule has 0 saturated carbocycles. The summed E-state index contributed by atoms with van der Waals surface area (Å²) in [5.41, 5.74) is 5.59. The molecule has 3 N–H and O–H groups in total. The molecule has 0 radical (unpaired) electrons. The zero-order chi connectivity index (χ0) is 13.0. The van der Waals surface area contributed by atoms with Gasteiger partial charge < -0.3 is 11.1 Å². The maximum atomic E-state index is 10.8. The third kappa shape index (κ3) is 3.79. The van der Waals surface area contributed by atoms with Crippen molar-refractivity contribution in [1.82, 2.24) is 5.32 Å². The molecule has 17 heavy (non-hydrogen) atoms. The summed E-state index contributed by atoms with van der Waals surface area (Å²) < 4.78 is 0.635. The zero-order valence-electron chi connectivity index (χ0n) is 9.14. The molecule has 0 spiro atoms. The second-order valence-electron chi connectivity index (χ2n) is 3.54. The third-order valence-corrected chi connectivity index (χ3v) is 2.76. The predicted octanol–water partition coefficient (Wildman–Crippen LogP) is 1.32. The zero-order valence-corrected chi connectivity index (χ0v) is 10.7. The van der Waals surface area contributed by atoms with Crippen molar-refractivity contribution >= 4 is 27.5 Å². The van der Waals surface area contributed by atoms with Crippen LogP contribution in [0.2, 0.25) is 0 Å². The van der Waals surface area contributed by atoms with Gasteiger partial charge in [-0.1, -0.05) is 15.9 Å². The molecule has 92 valence electrons. The van der Waals surface area contributed by atoms with Crippen LogP contribution in [0, 0.1) is 10.1 Å². The molecule has 0 aliphatic heterocycles. The molecule has 0 aliphatic rings. The van der Waals surface area contributed by atoms with Crippen LogP contribution in [0.15, 0.2) is 22.7 Å². The molecule has 1 aromatic rings. The lowest BCUT2D eigenvalue weighted by atomic mass is 10.1. The smallest absolute Gasteiger partial charge is 0.275 e. The molecule has 0 bridgehead atoms. The van der Waals surface area contributed by atoms with E-state index < -0.39 is 16.9 Å². The highest BCUT2D eigenvalue weighted by Crippen LogP contribution is 2.23. The number of halogens is 1. The summed E-state index contributed by atoms with van der Waals surface area (Å²) in [5, 5.41) is 13.6. The van der Waals surface area contributed by atoms with Gasteiger partial charge in [-0.3, -0.25) is 14.9 Å². The van der Waals surface area contributed by atoms with Crippen molar-refractivity contribution < 1.29 is 9.72 Å². The van der Waals surface area contributed by atoms with Gasteiger partial charge >= 0.3 is 0 Å². The number of nitro benzene ring substituents is 1. The number of rotatable bonds is 5. The highest BCUT2D eigenvalue weighted by atomic mass is 79.9. The van der Waals surface area contributed by atoms with Gasteiger partial charge in [-0.15, -0.1) is 0 Å². The van der Waals surface area contributed by atoms with E-state index in [-0.39, 0.29) is 12.2 Å². The number of amides is 1. The Morgan fingerprint density at radius 1 is 1.65 bits per heavy atom. The van der Waals surface area contributed by atoms with Crippen LogP contribution in [0.1, 0.15) is 12.5 Å². The minimum atomic E-state index is -0.529. The van der Waals surface area contributed by atoms with Gasteiger partial charge in [-0.25, -0.2) is 0 Å². The lowest BCUT2D eigenvalue weighted by molar-refractivity contribution is -0.385. The highest BCUT2D eigenvalue weighted by molar-refractivity contribution is 9.10. The molecule has 1 amide bonds. The average molecular weight is 302 g/mol. The Morgan fingerprint density at radius 3 is 2.82 bits per heavy atom. The average Bonchev–Trinajstić information content (AvgIpc) is 2.26.